The number of rotatable bonds is 1. The Morgan fingerprint density at radius 1 is 1.44 bits per heavy atom. The van der Waals surface area contributed by atoms with Crippen LogP contribution in [0.5, 0.6) is 0 Å². The number of aromatic nitrogens is 1. The van der Waals surface area contributed by atoms with Crippen molar-refractivity contribution in [2.24, 2.45) is 0 Å². The molecule has 0 aliphatic carbocycles. The Balaban J connectivity index is 1.80. The molecule has 3 rings (SSSR count). The van der Waals surface area contributed by atoms with Crippen LogP contribution in [0.1, 0.15) is 12.8 Å². The van der Waals surface area contributed by atoms with E-state index in [0.717, 1.165) is 36.3 Å². The highest BCUT2D eigenvalue weighted by atomic mass is 79.9. The highest BCUT2D eigenvalue weighted by Crippen LogP contribution is 2.29. The Morgan fingerprint density at radius 3 is 3.06 bits per heavy atom. The van der Waals surface area contributed by atoms with Crippen LogP contribution in [0.15, 0.2) is 16.7 Å². The number of hydrogen-bond donors (Lipinski definition) is 1. The summed E-state index contributed by atoms with van der Waals surface area (Å²) in [6.07, 6.45) is 3.39. The predicted octanol–water partition coefficient (Wildman–Crippen LogP) is 1.24. The van der Waals surface area contributed by atoms with Gasteiger partial charge >= 0.3 is 0 Å². The third-order valence-electron chi connectivity index (χ3n) is 3.66. The van der Waals surface area contributed by atoms with Gasteiger partial charge in [-0.15, -0.1) is 0 Å². The number of pyridine rings is 1. The maximum atomic E-state index is 11.6. The number of piperazine rings is 1. The molecule has 18 heavy (non-hydrogen) atoms. The fourth-order valence-corrected chi connectivity index (χ4v) is 3.12. The maximum Gasteiger partial charge on any atom is 0.223 e. The number of carbonyl (C=O) groups is 1. The summed E-state index contributed by atoms with van der Waals surface area (Å²) in [5, 5.41) is 0. The van der Waals surface area contributed by atoms with Gasteiger partial charge in [-0.1, -0.05) is 0 Å². The van der Waals surface area contributed by atoms with E-state index in [4.69, 9.17) is 5.73 Å². The molecule has 1 atom stereocenters. The molecule has 1 aromatic rings. The summed E-state index contributed by atoms with van der Waals surface area (Å²) in [5.74, 6) is 1.12. The number of amides is 1. The van der Waals surface area contributed by atoms with Crippen molar-refractivity contribution < 1.29 is 4.79 Å². The molecule has 0 saturated carbocycles. The van der Waals surface area contributed by atoms with Crippen molar-refractivity contribution in [2.75, 3.05) is 30.3 Å². The van der Waals surface area contributed by atoms with Gasteiger partial charge in [0, 0.05) is 42.8 Å². The Labute approximate surface area is 114 Å². The van der Waals surface area contributed by atoms with Crippen LogP contribution in [-0.4, -0.2) is 41.5 Å². The largest absolute Gasteiger partial charge is 0.396 e. The number of nitrogens with zero attached hydrogens (tertiary/aromatic N) is 3. The third-order valence-corrected chi connectivity index (χ3v) is 4.09. The van der Waals surface area contributed by atoms with Crippen LogP contribution in [0.4, 0.5) is 11.5 Å². The number of carbonyl (C=O) groups excluding carboxylic acids is 1. The second-order valence-electron chi connectivity index (χ2n) is 4.79. The van der Waals surface area contributed by atoms with Crippen molar-refractivity contribution in [1.29, 1.82) is 0 Å². The zero-order valence-electron chi connectivity index (χ0n) is 9.97. The molecule has 2 N–H and O–H groups in total. The Hall–Kier alpha value is -1.30. The second-order valence-corrected chi connectivity index (χ2v) is 5.71. The van der Waals surface area contributed by atoms with E-state index < -0.39 is 0 Å². The average molecular weight is 311 g/mol. The lowest BCUT2D eigenvalue weighted by molar-refractivity contribution is -0.129. The van der Waals surface area contributed by atoms with E-state index in [0.29, 0.717) is 18.2 Å². The zero-order chi connectivity index (χ0) is 12.7. The Morgan fingerprint density at radius 2 is 2.28 bits per heavy atom. The summed E-state index contributed by atoms with van der Waals surface area (Å²) < 4.78 is 0.887. The first-order valence-corrected chi connectivity index (χ1v) is 6.90. The third kappa shape index (κ3) is 1.94. The minimum absolute atomic E-state index is 0.288. The fraction of sp³-hybridized carbons (Fsp3) is 0.500. The van der Waals surface area contributed by atoms with Crippen LogP contribution in [-0.2, 0) is 4.79 Å². The van der Waals surface area contributed by atoms with E-state index in [1.54, 1.807) is 6.20 Å². The molecule has 2 aliphatic rings. The number of anilines is 2. The molecule has 96 valence electrons. The van der Waals surface area contributed by atoms with E-state index in [9.17, 15) is 4.79 Å². The minimum Gasteiger partial charge on any atom is -0.396 e. The number of halogens is 1. The van der Waals surface area contributed by atoms with Crippen molar-refractivity contribution in [1.82, 2.24) is 9.88 Å². The monoisotopic (exact) mass is 310 g/mol. The van der Waals surface area contributed by atoms with E-state index in [2.05, 4.69) is 25.8 Å². The predicted molar refractivity (Wildman–Crippen MR) is 73.3 cm³/mol. The lowest BCUT2D eigenvalue weighted by Gasteiger charge is -2.38. The lowest BCUT2D eigenvalue weighted by atomic mass is 10.1. The van der Waals surface area contributed by atoms with E-state index >= 15 is 0 Å². The number of hydrogen-bond acceptors (Lipinski definition) is 4. The zero-order valence-corrected chi connectivity index (χ0v) is 11.6. The summed E-state index contributed by atoms with van der Waals surface area (Å²) in [6.45, 7) is 2.42. The van der Waals surface area contributed by atoms with Crippen LogP contribution in [0.2, 0.25) is 0 Å². The van der Waals surface area contributed by atoms with Crippen LogP contribution < -0.4 is 10.6 Å². The Kier molecular flexibility index (Phi) is 2.89. The maximum absolute atomic E-state index is 11.6. The van der Waals surface area contributed by atoms with Gasteiger partial charge < -0.3 is 15.5 Å². The molecule has 6 heteroatoms. The molecule has 1 unspecified atom stereocenters. The molecular weight excluding hydrogens is 296 g/mol. The SMILES string of the molecule is Nc1cc(Br)cnc1N1CCN2C(=O)CCC2C1. The molecule has 0 radical (unpaired) electrons. The average Bonchev–Trinajstić information content (AvgIpc) is 2.71. The van der Waals surface area contributed by atoms with Crippen molar-refractivity contribution in [3.05, 3.63) is 16.7 Å². The quantitative estimate of drug-likeness (QED) is 0.847. The van der Waals surface area contributed by atoms with Gasteiger partial charge in [0.2, 0.25) is 5.91 Å². The van der Waals surface area contributed by atoms with Crippen LogP contribution in [0.3, 0.4) is 0 Å². The molecule has 0 aromatic carbocycles. The summed E-state index contributed by atoms with van der Waals surface area (Å²) in [6, 6.07) is 2.20. The molecule has 2 fully saturated rings. The smallest absolute Gasteiger partial charge is 0.223 e. The van der Waals surface area contributed by atoms with Crippen molar-refractivity contribution in [3.63, 3.8) is 0 Å². The van der Waals surface area contributed by atoms with Gasteiger partial charge in [-0.2, -0.15) is 0 Å². The Bertz CT molecular complexity index is 493. The van der Waals surface area contributed by atoms with Crippen LogP contribution in [0.25, 0.3) is 0 Å². The first-order valence-electron chi connectivity index (χ1n) is 6.10. The highest BCUT2D eigenvalue weighted by molar-refractivity contribution is 9.10. The van der Waals surface area contributed by atoms with Gasteiger partial charge in [-0.05, 0) is 28.4 Å². The first-order chi connectivity index (χ1) is 8.65. The number of nitrogens with two attached hydrogens (primary N) is 1. The molecule has 0 bridgehead atoms. The van der Waals surface area contributed by atoms with Crippen LogP contribution >= 0.6 is 15.9 Å². The van der Waals surface area contributed by atoms with Crippen molar-refractivity contribution in [3.8, 4) is 0 Å². The molecule has 0 spiro atoms. The molecule has 2 aliphatic heterocycles. The van der Waals surface area contributed by atoms with E-state index in [1.165, 1.54) is 0 Å². The minimum atomic E-state index is 0.288. The fourth-order valence-electron chi connectivity index (χ4n) is 2.77. The molecule has 1 amide bonds. The van der Waals surface area contributed by atoms with Gasteiger partial charge in [-0.25, -0.2) is 4.98 Å². The van der Waals surface area contributed by atoms with E-state index in [1.807, 2.05) is 11.0 Å². The van der Waals surface area contributed by atoms with Crippen molar-refractivity contribution >= 4 is 33.3 Å². The summed E-state index contributed by atoms with van der Waals surface area (Å²) >= 11 is 3.36. The molecule has 3 heterocycles. The topological polar surface area (TPSA) is 62.5 Å². The normalized spacial score (nSPS) is 23.4. The molecule has 1 aromatic heterocycles. The molecule has 5 nitrogen and oxygen atoms in total. The van der Waals surface area contributed by atoms with Crippen molar-refractivity contribution in [2.45, 2.75) is 18.9 Å². The van der Waals surface area contributed by atoms with E-state index in [-0.39, 0.29) is 5.91 Å². The van der Waals surface area contributed by atoms with Crippen LogP contribution in [0, 0.1) is 0 Å². The lowest BCUT2D eigenvalue weighted by Crippen LogP contribution is -2.51. The van der Waals surface area contributed by atoms with Gasteiger partial charge in [0.05, 0.1) is 5.69 Å². The first kappa shape index (κ1) is 11.8. The molecule has 2 saturated heterocycles. The standard InChI is InChI=1S/C12H15BrN4O/c13-8-5-10(14)12(15-6-8)16-3-4-17-9(7-16)1-2-11(17)18/h5-6,9H,1-4,7,14H2. The molecular formula is C12H15BrN4O. The van der Waals surface area contributed by atoms with Gasteiger partial charge in [0.25, 0.3) is 0 Å². The highest BCUT2D eigenvalue weighted by Gasteiger charge is 2.36. The van der Waals surface area contributed by atoms with Gasteiger partial charge in [-0.3, -0.25) is 4.79 Å². The second kappa shape index (κ2) is 4.42. The summed E-state index contributed by atoms with van der Waals surface area (Å²) in [4.78, 5) is 20.2. The number of fused-ring (bicyclic) bond motifs is 1. The van der Waals surface area contributed by atoms with Gasteiger partial charge in [0.15, 0.2) is 5.82 Å². The van der Waals surface area contributed by atoms with Gasteiger partial charge in [0.1, 0.15) is 0 Å². The number of nitrogen functional groups attached to an aromatic ring is 1. The summed E-state index contributed by atoms with van der Waals surface area (Å²) in [7, 11) is 0. The summed E-state index contributed by atoms with van der Waals surface area (Å²) in [5.41, 5.74) is 6.68.